The van der Waals surface area contributed by atoms with E-state index in [-0.39, 0.29) is 11.9 Å². The Balaban J connectivity index is 2.14. The Morgan fingerprint density at radius 1 is 1.69 bits per heavy atom. The minimum Gasteiger partial charge on any atom is -0.354 e. The van der Waals surface area contributed by atoms with Crippen LogP contribution in [-0.2, 0) is 11.2 Å². The second-order valence-electron chi connectivity index (χ2n) is 3.72. The zero-order valence-corrected chi connectivity index (χ0v) is 10.4. The molecule has 1 heterocycles. The van der Waals surface area contributed by atoms with Crippen molar-refractivity contribution in [2.75, 3.05) is 6.54 Å². The standard InChI is InChI=1S/C11H19N3OS/c1-2-3-4-9(12)11(15)14-6-5-10-13-7-8-16-10/h7-9H,2-6,12H2,1H3,(H,14,15)/t9-/m0/s1. The summed E-state index contributed by atoms with van der Waals surface area (Å²) < 4.78 is 0. The van der Waals surface area contributed by atoms with Crippen molar-refractivity contribution in [1.29, 1.82) is 0 Å². The normalized spacial score (nSPS) is 12.4. The molecule has 90 valence electrons. The SMILES string of the molecule is CCCC[C@H](N)C(=O)NCCc1nccs1. The number of nitrogens with zero attached hydrogens (tertiary/aromatic N) is 1. The van der Waals surface area contributed by atoms with E-state index in [1.165, 1.54) is 0 Å². The molecule has 0 radical (unpaired) electrons. The number of hydrogen-bond acceptors (Lipinski definition) is 4. The van der Waals surface area contributed by atoms with Gasteiger partial charge in [-0.25, -0.2) is 4.98 Å². The minimum absolute atomic E-state index is 0.0509. The van der Waals surface area contributed by atoms with Gasteiger partial charge in [-0.15, -0.1) is 11.3 Å². The zero-order valence-electron chi connectivity index (χ0n) is 9.61. The number of unbranched alkanes of at least 4 members (excludes halogenated alkanes) is 1. The molecule has 5 heteroatoms. The summed E-state index contributed by atoms with van der Waals surface area (Å²) in [5.41, 5.74) is 5.74. The Hall–Kier alpha value is -0.940. The van der Waals surface area contributed by atoms with Gasteiger partial charge in [-0.1, -0.05) is 19.8 Å². The van der Waals surface area contributed by atoms with Crippen molar-refractivity contribution in [2.45, 2.75) is 38.6 Å². The van der Waals surface area contributed by atoms with Crippen molar-refractivity contribution >= 4 is 17.2 Å². The molecular formula is C11H19N3OS. The first-order valence-electron chi connectivity index (χ1n) is 5.65. The molecule has 3 N–H and O–H groups in total. The highest BCUT2D eigenvalue weighted by molar-refractivity contribution is 7.09. The predicted octanol–water partition coefficient (Wildman–Crippen LogP) is 1.32. The fourth-order valence-electron chi connectivity index (χ4n) is 1.36. The molecule has 1 amide bonds. The summed E-state index contributed by atoms with van der Waals surface area (Å²) in [6, 6.07) is -0.365. The van der Waals surface area contributed by atoms with E-state index in [1.807, 2.05) is 5.38 Å². The topological polar surface area (TPSA) is 68.0 Å². The zero-order chi connectivity index (χ0) is 11.8. The molecule has 1 aromatic rings. The summed E-state index contributed by atoms with van der Waals surface area (Å²) in [6.07, 6.45) is 5.39. The van der Waals surface area contributed by atoms with Crippen LogP contribution in [0.1, 0.15) is 31.2 Å². The smallest absolute Gasteiger partial charge is 0.236 e. The highest BCUT2D eigenvalue weighted by Gasteiger charge is 2.11. The van der Waals surface area contributed by atoms with Crippen LogP contribution in [0.25, 0.3) is 0 Å². The van der Waals surface area contributed by atoms with Gasteiger partial charge in [0.15, 0.2) is 0 Å². The molecule has 0 aromatic carbocycles. The second kappa shape index (κ2) is 7.35. The van der Waals surface area contributed by atoms with Gasteiger partial charge in [0.25, 0.3) is 0 Å². The molecule has 0 fully saturated rings. The number of aromatic nitrogens is 1. The number of rotatable bonds is 7. The van der Waals surface area contributed by atoms with Crippen LogP contribution in [0.4, 0.5) is 0 Å². The largest absolute Gasteiger partial charge is 0.354 e. The molecule has 0 unspecified atom stereocenters. The number of nitrogens with one attached hydrogen (secondary N) is 1. The average molecular weight is 241 g/mol. The Labute approximate surface area is 100 Å². The van der Waals surface area contributed by atoms with Crippen molar-refractivity contribution in [3.8, 4) is 0 Å². The summed E-state index contributed by atoms with van der Waals surface area (Å²) in [7, 11) is 0. The van der Waals surface area contributed by atoms with Crippen LogP contribution in [0, 0.1) is 0 Å². The molecule has 4 nitrogen and oxygen atoms in total. The van der Waals surface area contributed by atoms with Gasteiger partial charge in [0.1, 0.15) is 0 Å². The van der Waals surface area contributed by atoms with E-state index in [0.717, 1.165) is 30.7 Å². The lowest BCUT2D eigenvalue weighted by molar-refractivity contribution is -0.122. The van der Waals surface area contributed by atoms with E-state index < -0.39 is 0 Å². The van der Waals surface area contributed by atoms with Gasteiger partial charge in [0, 0.05) is 24.5 Å². The van der Waals surface area contributed by atoms with E-state index in [2.05, 4.69) is 17.2 Å². The van der Waals surface area contributed by atoms with E-state index in [9.17, 15) is 4.79 Å². The van der Waals surface area contributed by atoms with Gasteiger partial charge in [0.2, 0.25) is 5.91 Å². The third kappa shape index (κ3) is 4.72. The summed E-state index contributed by atoms with van der Waals surface area (Å²) in [5, 5.41) is 5.81. The Kier molecular flexibility index (Phi) is 6.03. The molecule has 0 aliphatic heterocycles. The third-order valence-electron chi connectivity index (χ3n) is 2.33. The fraction of sp³-hybridized carbons (Fsp3) is 0.636. The number of hydrogen-bond donors (Lipinski definition) is 2. The van der Waals surface area contributed by atoms with Gasteiger partial charge in [-0.05, 0) is 6.42 Å². The molecule has 16 heavy (non-hydrogen) atoms. The Bertz CT molecular complexity index is 300. The first-order valence-corrected chi connectivity index (χ1v) is 6.53. The lowest BCUT2D eigenvalue weighted by Gasteiger charge is -2.10. The van der Waals surface area contributed by atoms with Gasteiger partial charge in [0.05, 0.1) is 11.0 Å². The van der Waals surface area contributed by atoms with Crippen LogP contribution >= 0.6 is 11.3 Å². The number of carbonyl (C=O) groups excluding carboxylic acids is 1. The van der Waals surface area contributed by atoms with Crippen LogP contribution in [0.3, 0.4) is 0 Å². The molecule has 0 saturated heterocycles. The summed E-state index contributed by atoms with van der Waals surface area (Å²) in [6.45, 7) is 2.71. The van der Waals surface area contributed by atoms with Crippen LogP contribution in [0.15, 0.2) is 11.6 Å². The maximum Gasteiger partial charge on any atom is 0.236 e. The molecule has 1 aromatic heterocycles. The molecule has 1 atom stereocenters. The number of thiazole rings is 1. The van der Waals surface area contributed by atoms with Crippen molar-refractivity contribution in [3.63, 3.8) is 0 Å². The lowest BCUT2D eigenvalue weighted by Crippen LogP contribution is -2.41. The molecule has 0 saturated carbocycles. The summed E-state index contributed by atoms with van der Waals surface area (Å²) in [4.78, 5) is 15.7. The monoisotopic (exact) mass is 241 g/mol. The highest BCUT2D eigenvalue weighted by atomic mass is 32.1. The molecular weight excluding hydrogens is 222 g/mol. The second-order valence-corrected chi connectivity index (χ2v) is 4.69. The van der Waals surface area contributed by atoms with E-state index in [4.69, 9.17) is 5.73 Å². The lowest BCUT2D eigenvalue weighted by atomic mass is 10.1. The maximum absolute atomic E-state index is 11.5. The Morgan fingerprint density at radius 2 is 2.50 bits per heavy atom. The number of carbonyl (C=O) groups is 1. The van der Waals surface area contributed by atoms with Crippen molar-refractivity contribution in [3.05, 3.63) is 16.6 Å². The molecule has 0 aliphatic carbocycles. The maximum atomic E-state index is 11.5. The van der Waals surface area contributed by atoms with Crippen LogP contribution in [0.5, 0.6) is 0 Å². The fourth-order valence-corrected chi connectivity index (χ4v) is 1.98. The van der Waals surface area contributed by atoms with Crippen molar-refractivity contribution < 1.29 is 4.79 Å². The summed E-state index contributed by atoms with van der Waals surface area (Å²) >= 11 is 1.60. The predicted molar refractivity (Wildman–Crippen MR) is 66.3 cm³/mol. The van der Waals surface area contributed by atoms with E-state index in [0.29, 0.717) is 6.54 Å². The third-order valence-corrected chi connectivity index (χ3v) is 3.17. The molecule has 1 rings (SSSR count). The van der Waals surface area contributed by atoms with Crippen LogP contribution < -0.4 is 11.1 Å². The van der Waals surface area contributed by atoms with Crippen LogP contribution in [0.2, 0.25) is 0 Å². The molecule has 0 aliphatic rings. The number of amides is 1. The number of nitrogens with two attached hydrogens (primary N) is 1. The van der Waals surface area contributed by atoms with E-state index in [1.54, 1.807) is 17.5 Å². The molecule has 0 spiro atoms. The quantitative estimate of drug-likeness (QED) is 0.756. The summed E-state index contributed by atoms with van der Waals surface area (Å²) in [5.74, 6) is -0.0509. The highest BCUT2D eigenvalue weighted by Crippen LogP contribution is 2.03. The first kappa shape index (κ1) is 13.1. The average Bonchev–Trinajstić information content (AvgIpc) is 2.78. The van der Waals surface area contributed by atoms with Gasteiger partial charge >= 0.3 is 0 Å². The van der Waals surface area contributed by atoms with Crippen LogP contribution in [-0.4, -0.2) is 23.5 Å². The van der Waals surface area contributed by atoms with Gasteiger partial charge in [-0.3, -0.25) is 4.79 Å². The first-order chi connectivity index (χ1) is 7.74. The van der Waals surface area contributed by atoms with Gasteiger partial charge in [-0.2, -0.15) is 0 Å². The molecule has 0 bridgehead atoms. The van der Waals surface area contributed by atoms with Crippen molar-refractivity contribution in [1.82, 2.24) is 10.3 Å². The minimum atomic E-state index is -0.365. The van der Waals surface area contributed by atoms with Gasteiger partial charge < -0.3 is 11.1 Å². The Morgan fingerprint density at radius 3 is 3.12 bits per heavy atom. The van der Waals surface area contributed by atoms with E-state index >= 15 is 0 Å². The van der Waals surface area contributed by atoms with Crippen molar-refractivity contribution in [2.24, 2.45) is 5.73 Å².